The molecule has 1 unspecified atom stereocenters. The van der Waals surface area contributed by atoms with Gasteiger partial charge in [-0.1, -0.05) is 45.0 Å². The summed E-state index contributed by atoms with van der Waals surface area (Å²) in [7, 11) is 0.759. The third kappa shape index (κ3) is 6.63. The second kappa shape index (κ2) is 12.5. The van der Waals surface area contributed by atoms with Gasteiger partial charge in [0.15, 0.2) is 0 Å². The first-order valence-electron chi connectivity index (χ1n) is 8.88. The second-order valence-electron chi connectivity index (χ2n) is 6.47. The average Bonchev–Trinajstić information content (AvgIpc) is 3.30. The van der Waals surface area contributed by atoms with E-state index < -0.39 is 0 Å². The molecule has 0 heterocycles. The molecule has 0 aromatic heterocycles. The van der Waals surface area contributed by atoms with E-state index in [1.165, 1.54) is 37.7 Å². The minimum atomic E-state index is 0. The van der Waals surface area contributed by atoms with E-state index in [0.717, 1.165) is 8.58 Å². The standard InChI is InChI=1S/C16H14P.C9H7.2ClH.Zr/c1-12-6-2-5-9-16(12)17-15-10-13-7-3-4-8-14(13)11-15;1-2-5-9-7-3-6-8(9)4-1;;;/h2-11,17H,1H3;1-7H;2*1H;/q2*-1;;;+4/p-2. The van der Waals surface area contributed by atoms with E-state index in [0.29, 0.717) is 0 Å². The topological polar surface area (TPSA) is 0 Å². The summed E-state index contributed by atoms with van der Waals surface area (Å²) in [6.45, 7) is 2.19. The van der Waals surface area contributed by atoms with E-state index in [4.69, 9.17) is 0 Å². The Morgan fingerprint density at radius 2 is 1.31 bits per heavy atom. The zero-order valence-electron chi connectivity index (χ0n) is 16.1. The van der Waals surface area contributed by atoms with Gasteiger partial charge in [-0.25, -0.2) is 0 Å². The maximum atomic E-state index is 2.31. The van der Waals surface area contributed by atoms with E-state index in [9.17, 15) is 0 Å². The van der Waals surface area contributed by atoms with Crippen molar-refractivity contribution in [2.45, 2.75) is 6.92 Å². The van der Waals surface area contributed by atoms with Crippen molar-refractivity contribution in [2.75, 3.05) is 0 Å². The van der Waals surface area contributed by atoms with Gasteiger partial charge in [-0.15, -0.1) is 70.0 Å². The molecule has 0 nitrogen and oxygen atoms in total. The van der Waals surface area contributed by atoms with Crippen LogP contribution in [0.15, 0.2) is 103 Å². The van der Waals surface area contributed by atoms with Gasteiger partial charge in [0.05, 0.1) is 0 Å². The molecule has 0 N–H and O–H groups in total. The van der Waals surface area contributed by atoms with E-state index in [-0.39, 0.29) is 51.0 Å². The summed E-state index contributed by atoms with van der Waals surface area (Å²) in [6.07, 6.45) is 0. The zero-order valence-corrected chi connectivity index (χ0v) is 21.0. The number of hydrogen-bond acceptors (Lipinski definition) is 0. The first-order chi connectivity index (χ1) is 12.8. The predicted molar refractivity (Wildman–Crippen MR) is 118 cm³/mol. The molecule has 0 radical (unpaired) electrons. The Kier molecular flexibility index (Phi) is 11.1. The molecule has 0 aliphatic rings. The number of hydrogen-bond donors (Lipinski definition) is 0. The Labute approximate surface area is 206 Å². The zero-order chi connectivity index (χ0) is 17.8. The van der Waals surface area contributed by atoms with Crippen molar-refractivity contribution in [2.24, 2.45) is 0 Å². The minimum absolute atomic E-state index is 0. The summed E-state index contributed by atoms with van der Waals surface area (Å²) in [5.41, 5.74) is 1.39. The molecule has 0 aliphatic heterocycles. The number of halogens is 2. The predicted octanol–water partition coefficient (Wildman–Crippen LogP) is 0.0606. The summed E-state index contributed by atoms with van der Waals surface area (Å²) < 4.78 is 0. The molecule has 1 atom stereocenters. The maximum Gasteiger partial charge on any atom is 4.00 e. The van der Waals surface area contributed by atoms with Crippen LogP contribution in [0.3, 0.4) is 0 Å². The third-order valence-corrected chi connectivity index (χ3v) is 6.00. The van der Waals surface area contributed by atoms with Crippen LogP contribution >= 0.6 is 8.58 Å². The summed E-state index contributed by atoms with van der Waals surface area (Å²) in [4.78, 5) is 0. The van der Waals surface area contributed by atoms with Crippen LogP contribution in [0.2, 0.25) is 0 Å². The van der Waals surface area contributed by atoms with Crippen LogP contribution in [0.5, 0.6) is 0 Å². The monoisotopic (exact) mass is 512 g/mol. The minimum Gasteiger partial charge on any atom is -1.00 e. The van der Waals surface area contributed by atoms with Gasteiger partial charge in [0.1, 0.15) is 0 Å². The van der Waals surface area contributed by atoms with Crippen LogP contribution in [0.1, 0.15) is 5.56 Å². The SMILES string of the molecule is Cc1ccccc1Pc1cc2ccccc2[cH-]1.[Cl-].[Cl-].[Zr+4].c1ccc2[cH-]ccc2c1. The molecule has 0 saturated heterocycles. The number of aryl methyl sites for hydroxylation is 1. The number of rotatable bonds is 2. The molecular formula is C25H21Cl2PZr. The van der Waals surface area contributed by atoms with Crippen LogP contribution in [0.25, 0.3) is 21.5 Å². The van der Waals surface area contributed by atoms with Crippen molar-refractivity contribution < 1.29 is 51.0 Å². The normalized spacial score (nSPS) is 9.97. The Morgan fingerprint density at radius 3 is 2.00 bits per heavy atom. The molecule has 4 heteroatoms. The fraction of sp³-hybridized carbons (Fsp3) is 0.0400. The molecule has 29 heavy (non-hydrogen) atoms. The largest absolute Gasteiger partial charge is 4.00 e. The van der Waals surface area contributed by atoms with Gasteiger partial charge >= 0.3 is 26.2 Å². The molecule has 0 amide bonds. The van der Waals surface area contributed by atoms with Crippen LogP contribution in [-0.4, -0.2) is 0 Å². The van der Waals surface area contributed by atoms with Crippen molar-refractivity contribution in [3.63, 3.8) is 0 Å². The fourth-order valence-corrected chi connectivity index (χ4v) is 4.39. The smallest absolute Gasteiger partial charge is 1.00 e. The first kappa shape index (κ1) is 25.8. The molecule has 0 spiro atoms. The summed E-state index contributed by atoms with van der Waals surface area (Å²) in [5.74, 6) is 0. The van der Waals surface area contributed by atoms with E-state index >= 15 is 0 Å². The maximum absolute atomic E-state index is 2.31. The molecule has 5 aromatic rings. The van der Waals surface area contributed by atoms with Crippen molar-refractivity contribution >= 4 is 40.7 Å². The van der Waals surface area contributed by atoms with Gasteiger partial charge in [-0.05, 0) is 17.8 Å². The second-order valence-corrected chi connectivity index (χ2v) is 7.83. The molecule has 0 aliphatic carbocycles. The molecule has 0 saturated carbocycles. The average molecular weight is 515 g/mol. The molecule has 0 fully saturated rings. The fourth-order valence-electron chi connectivity index (χ4n) is 3.16. The van der Waals surface area contributed by atoms with Crippen LogP contribution in [0.4, 0.5) is 0 Å². The van der Waals surface area contributed by atoms with Crippen molar-refractivity contribution in [1.82, 2.24) is 0 Å². The van der Waals surface area contributed by atoms with Crippen molar-refractivity contribution in [3.8, 4) is 0 Å². The van der Waals surface area contributed by atoms with Gasteiger partial charge in [-0.2, -0.15) is 23.6 Å². The molecular weight excluding hydrogens is 493 g/mol. The first-order valence-corrected chi connectivity index (χ1v) is 9.88. The van der Waals surface area contributed by atoms with E-state index in [1.54, 1.807) is 0 Å². The summed E-state index contributed by atoms with van der Waals surface area (Å²) >= 11 is 0. The molecule has 5 aromatic carbocycles. The third-order valence-electron chi connectivity index (χ3n) is 4.59. The van der Waals surface area contributed by atoms with E-state index in [2.05, 4.69) is 110 Å². The van der Waals surface area contributed by atoms with Crippen LogP contribution < -0.4 is 35.4 Å². The Balaban J connectivity index is 0.000000302. The van der Waals surface area contributed by atoms with Gasteiger partial charge in [0.2, 0.25) is 0 Å². The molecule has 0 bridgehead atoms. The van der Waals surface area contributed by atoms with Crippen molar-refractivity contribution in [3.05, 3.63) is 109 Å². The number of benzene rings is 3. The van der Waals surface area contributed by atoms with E-state index in [1.807, 2.05) is 0 Å². The number of fused-ring (bicyclic) bond motifs is 2. The van der Waals surface area contributed by atoms with Crippen LogP contribution in [0, 0.1) is 6.92 Å². The van der Waals surface area contributed by atoms with Gasteiger partial charge < -0.3 is 24.8 Å². The van der Waals surface area contributed by atoms with Gasteiger partial charge in [0, 0.05) is 0 Å². The van der Waals surface area contributed by atoms with Crippen molar-refractivity contribution in [1.29, 1.82) is 0 Å². The Hall–Kier alpha value is -1.23. The Bertz CT molecular complexity index is 1080. The molecule has 5 rings (SSSR count). The summed E-state index contributed by atoms with van der Waals surface area (Å²) in [6, 6.07) is 36.5. The van der Waals surface area contributed by atoms with Gasteiger partial charge in [0.25, 0.3) is 0 Å². The van der Waals surface area contributed by atoms with Gasteiger partial charge in [-0.3, -0.25) is 0 Å². The Morgan fingerprint density at radius 1 is 0.690 bits per heavy atom. The quantitative estimate of drug-likeness (QED) is 0.231. The van der Waals surface area contributed by atoms with Crippen LogP contribution in [-0.2, 0) is 26.2 Å². The summed E-state index contributed by atoms with van der Waals surface area (Å²) in [5, 5.41) is 8.24. The molecule has 144 valence electrons.